The lowest BCUT2D eigenvalue weighted by Crippen LogP contribution is -2.43. The zero-order valence-corrected chi connectivity index (χ0v) is 21.0. The smallest absolute Gasteiger partial charge is 0.234 e. The van der Waals surface area contributed by atoms with Crippen LogP contribution in [-0.4, -0.2) is 45.5 Å². The van der Waals surface area contributed by atoms with Crippen LogP contribution in [0.15, 0.2) is 60.7 Å². The van der Waals surface area contributed by atoms with E-state index in [4.69, 9.17) is 0 Å². The Kier molecular flexibility index (Phi) is 9.33. The number of likely N-dealkylation sites (N-methyl/N-ethyl adjacent to an activating group) is 1. The molecule has 0 aromatic heterocycles. The first-order valence-electron chi connectivity index (χ1n) is 11.3. The third-order valence-electron chi connectivity index (χ3n) is 5.58. The van der Waals surface area contributed by atoms with E-state index in [2.05, 4.69) is 50.9 Å². The fraction of sp³-hybridized carbons (Fsp3) is 0.308. The van der Waals surface area contributed by atoms with Crippen LogP contribution in [0.2, 0.25) is 0 Å². The van der Waals surface area contributed by atoms with Crippen molar-refractivity contribution in [3.8, 4) is 0 Å². The van der Waals surface area contributed by atoms with Crippen LogP contribution in [0.4, 0.5) is 11.4 Å². The van der Waals surface area contributed by atoms with E-state index in [1.54, 1.807) is 11.9 Å². The van der Waals surface area contributed by atoms with Crippen molar-refractivity contribution < 1.29 is 9.59 Å². The van der Waals surface area contributed by atoms with Crippen LogP contribution in [0.25, 0.3) is 10.8 Å². The van der Waals surface area contributed by atoms with Gasteiger partial charge in [-0.25, -0.2) is 4.72 Å². The van der Waals surface area contributed by atoms with E-state index in [1.165, 1.54) is 12.1 Å². The van der Waals surface area contributed by atoms with E-state index in [-0.39, 0.29) is 18.5 Å². The molecule has 180 valence electrons. The average molecular weight is 480 g/mol. The van der Waals surface area contributed by atoms with E-state index in [0.29, 0.717) is 13.1 Å². The minimum absolute atomic E-state index is 0.0568. The number of aryl methyl sites for hydroxylation is 1. The molecule has 0 heterocycles. The second-order valence-electron chi connectivity index (χ2n) is 8.16. The highest BCUT2D eigenvalue weighted by atomic mass is 32.2. The summed E-state index contributed by atoms with van der Waals surface area (Å²) in [5.74, 6) is -0.0568. The Morgan fingerprint density at radius 1 is 1.03 bits per heavy atom. The molecule has 7 nitrogen and oxygen atoms in total. The number of anilines is 2. The number of hydrogen-bond donors (Lipinski definition) is 3. The van der Waals surface area contributed by atoms with Crippen LogP contribution < -0.4 is 24.6 Å². The molecular weight excluding hydrogens is 446 g/mol. The van der Waals surface area contributed by atoms with Gasteiger partial charge in [0, 0.05) is 18.2 Å². The molecular formula is C26H33N5O2S. The summed E-state index contributed by atoms with van der Waals surface area (Å²) in [5, 5.41) is 8.17. The highest BCUT2D eigenvalue weighted by molar-refractivity contribution is 7.98. The third-order valence-corrected chi connectivity index (χ3v) is 6.32. The van der Waals surface area contributed by atoms with Crippen LogP contribution in [0, 0.1) is 6.92 Å². The summed E-state index contributed by atoms with van der Waals surface area (Å²) in [6, 6.07) is 20.2. The Morgan fingerprint density at radius 3 is 2.44 bits per heavy atom. The summed E-state index contributed by atoms with van der Waals surface area (Å²) in [7, 11) is 3.59. The number of carbonyl (C=O) groups is 2. The minimum Gasteiger partial charge on any atom is -0.351 e. The summed E-state index contributed by atoms with van der Waals surface area (Å²) < 4.78 is 5.19. The van der Waals surface area contributed by atoms with Gasteiger partial charge in [0.05, 0.1) is 31.0 Å². The molecule has 8 heteroatoms. The Labute approximate surface area is 206 Å². The number of nitrogens with zero attached hydrogens (tertiary/aromatic N) is 2. The first kappa shape index (κ1) is 25.6. The van der Waals surface area contributed by atoms with Crippen LogP contribution in [-0.2, 0) is 16.1 Å². The van der Waals surface area contributed by atoms with E-state index in [9.17, 15) is 9.59 Å². The second kappa shape index (κ2) is 12.4. The fourth-order valence-corrected chi connectivity index (χ4v) is 4.77. The van der Waals surface area contributed by atoms with Crippen molar-refractivity contribution in [1.29, 1.82) is 0 Å². The van der Waals surface area contributed by atoms with Gasteiger partial charge in [0.2, 0.25) is 12.3 Å². The van der Waals surface area contributed by atoms with E-state index >= 15 is 0 Å². The standard InChI is InChI=1S/C26H33N5O2S/c1-19-13-14-21-9-5-6-10-22(21)23(19)17-30(18-32)24-11-7-8-12-25(24)31(34-28-4)16-20(2)29-26(33)15-27-3/h5-14,18,20,27-28H,15-17H2,1-4H3,(H,29,33). The van der Waals surface area contributed by atoms with Crippen molar-refractivity contribution in [2.24, 2.45) is 0 Å². The quantitative estimate of drug-likeness (QED) is 0.272. The molecule has 0 fully saturated rings. The van der Waals surface area contributed by atoms with Crippen molar-refractivity contribution in [3.63, 3.8) is 0 Å². The molecule has 0 spiro atoms. The Morgan fingerprint density at radius 2 is 1.74 bits per heavy atom. The number of fused-ring (bicyclic) bond motifs is 1. The SMILES string of the molecule is CNCC(=O)NC(C)CN(SNC)c1ccccc1N(C=O)Cc1c(C)ccc2ccccc12. The van der Waals surface area contributed by atoms with E-state index < -0.39 is 0 Å². The molecule has 0 bridgehead atoms. The molecule has 0 aliphatic heterocycles. The fourth-order valence-electron chi connectivity index (χ4n) is 4.00. The van der Waals surface area contributed by atoms with Crippen LogP contribution in [0.5, 0.6) is 0 Å². The largest absolute Gasteiger partial charge is 0.351 e. The zero-order chi connectivity index (χ0) is 24.5. The maximum atomic E-state index is 12.4. The predicted octanol–water partition coefficient (Wildman–Crippen LogP) is 3.62. The normalized spacial score (nSPS) is 11.8. The Bertz CT molecular complexity index is 1120. The monoisotopic (exact) mass is 479 g/mol. The van der Waals surface area contributed by atoms with Gasteiger partial charge < -0.3 is 15.5 Å². The first-order valence-corrected chi connectivity index (χ1v) is 12.1. The van der Waals surface area contributed by atoms with Gasteiger partial charge in [0.1, 0.15) is 0 Å². The highest BCUT2D eigenvalue weighted by Gasteiger charge is 2.20. The lowest BCUT2D eigenvalue weighted by molar-refractivity contribution is -0.120. The molecule has 34 heavy (non-hydrogen) atoms. The van der Waals surface area contributed by atoms with E-state index in [1.807, 2.05) is 50.4 Å². The molecule has 1 unspecified atom stereocenters. The van der Waals surface area contributed by atoms with Gasteiger partial charge in [-0.1, -0.05) is 48.5 Å². The minimum atomic E-state index is -0.0975. The van der Waals surface area contributed by atoms with Gasteiger partial charge in [-0.15, -0.1) is 0 Å². The molecule has 3 aromatic carbocycles. The summed E-state index contributed by atoms with van der Waals surface area (Å²) in [6.07, 6.45) is 0.889. The summed E-state index contributed by atoms with van der Waals surface area (Å²) in [6.45, 7) is 5.33. The highest BCUT2D eigenvalue weighted by Crippen LogP contribution is 2.34. The molecule has 0 aliphatic rings. The van der Waals surface area contributed by atoms with Gasteiger partial charge in [0.25, 0.3) is 0 Å². The third kappa shape index (κ3) is 6.28. The topological polar surface area (TPSA) is 76.7 Å². The molecule has 0 radical (unpaired) electrons. The first-order chi connectivity index (χ1) is 16.5. The number of carbonyl (C=O) groups excluding carboxylic acids is 2. The van der Waals surface area contributed by atoms with E-state index in [0.717, 1.165) is 39.7 Å². The molecule has 0 aliphatic carbocycles. The summed E-state index contributed by atoms with van der Waals surface area (Å²) in [5.41, 5.74) is 3.97. The van der Waals surface area contributed by atoms with Crippen molar-refractivity contribution in [2.75, 3.05) is 36.4 Å². The summed E-state index contributed by atoms with van der Waals surface area (Å²) in [4.78, 5) is 26.1. The maximum absolute atomic E-state index is 12.4. The number of rotatable bonds is 12. The molecule has 1 atom stereocenters. The van der Waals surface area contributed by atoms with Crippen molar-refractivity contribution in [2.45, 2.75) is 26.4 Å². The van der Waals surface area contributed by atoms with Gasteiger partial charge in [-0.3, -0.25) is 13.9 Å². The zero-order valence-electron chi connectivity index (χ0n) is 20.2. The van der Waals surface area contributed by atoms with Gasteiger partial charge in [-0.05, 0) is 62.0 Å². The molecule has 2 amide bonds. The Hall–Kier alpha value is -3.07. The number of para-hydroxylation sites is 2. The van der Waals surface area contributed by atoms with Gasteiger partial charge in [-0.2, -0.15) is 0 Å². The predicted molar refractivity (Wildman–Crippen MR) is 143 cm³/mol. The van der Waals surface area contributed by atoms with Crippen LogP contribution in [0.1, 0.15) is 18.1 Å². The number of benzene rings is 3. The molecule has 0 saturated carbocycles. The molecule has 0 saturated heterocycles. The Balaban J connectivity index is 1.92. The van der Waals surface area contributed by atoms with Crippen molar-refractivity contribution in [1.82, 2.24) is 15.4 Å². The lowest BCUT2D eigenvalue weighted by Gasteiger charge is -2.31. The molecule has 3 rings (SSSR count). The molecule has 3 aromatic rings. The van der Waals surface area contributed by atoms with Crippen LogP contribution >= 0.6 is 12.1 Å². The number of nitrogens with one attached hydrogen (secondary N) is 3. The number of hydrogen-bond acceptors (Lipinski definition) is 6. The van der Waals surface area contributed by atoms with Crippen molar-refractivity contribution in [3.05, 3.63) is 71.8 Å². The average Bonchev–Trinajstić information content (AvgIpc) is 2.83. The lowest BCUT2D eigenvalue weighted by atomic mass is 9.99. The number of amides is 2. The van der Waals surface area contributed by atoms with Gasteiger partial charge in [0.15, 0.2) is 0 Å². The van der Waals surface area contributed by atoms with Crippen LogP contribution in [0.3, 0.4) is 0 Å². The summed E-state index contributed by atoms with van der Waals surface area (Å²) >= 11 is 1.43. The van der Waals surface area contributed by atoms with Crippen molar-refractivity contribution >= 4 is 46.6 Å². The second-order valence-corrected chi connectivity index (χ2v) is 9.19. The van der Waals surface area contributed by atoms with Gasteiger partial charge >= 0.3 is 0 Å². The molecule has 3 N–H and O–H groups in total. The maximum Gasteiger partial charge on any atom is 0.234 e.